The molecule has 3 atom stereocenters. The summed E-state index contributed by atoms with van der Waals surface area (Å²) in [5.74, 6) is -0.0462. The Hall–Kier alpha value is -1.67. The SMILES string of the molecule is CC(O)c1cc([N+](=O)[O-])c(N2CCCC3C(=O)NCC32)s1. The Balaban J connectivity index is 1.99. The van der Waals surface area contributed by atoms with Gasteiger partial charge in [-0.2, -0.15) is 0 Å². The lowest BCUT2D eigenvalue weighted by Gasteiger charge is -2.36. The fourth-order valence-corrected chi connectivity index (χ4v) is 4.28. The van der Waals surface area contributed by atoms with E-state index in [1.807, 2.05) is 4.90 Å². The molecule has 114 valence electrons. The Morgan fingerprint density at radius 3 is 3.05 bits per heavy atom. The van der Waals surface area contributed by atoms with Crippen molar-refractivity contribution < 1.29 is 14.8 Å². The van der Waals surface area contributed by atoms with E-state index in [2.05, 4.69) is 5.32 Å². The Labute approximate surface area is 125 Å². The summed E-state index contributed by atoms with van der Waals surface area (Å²) >= 11 is 1.25. The quantitative estimate of drug-likeness (QED) is 0.650. The minimum atomic E-state index is -0.730. The second-order valence-electron chi connectivity index (χ2n) is 5.53. The molecule has 21 heavy (non-hydrogen) atoms. The van der Waals surface area contributed by atoms with Crippen LogP contribution in [0.15, 0.2) is 6.07 Å². The Morgan fingerprint density at radius 1 is 1.62 bits per heavy atom. The molecule has 1 aromatic heterocycles. The van der Waals surface area contributed by atoms with Crippen LogP contribution in [-0.2, 0) is 4.79 Å². The van der Waals surface area contributed by atoms with Crippen LogP contribution in [0.1, 0.15) is 30.7 Å². The highest BCUT2D eigenvalue weighted by atomic mass is 32.1. The first kappa shape index (κ1) is 14.3. The van der Waals surface area contributed by atoms with E-state index < -0.39 is 11.0 Å². The molecule has 2 fully saturated rings. The van der Waals surface area contributed by atoms with Crippen LogP contribution in [0.4, 0.5) is 10.7 Å². The standard InChI is InChI=1S/C13H17N3O4S/c1-7(17)11-5-9(16(19)20)13(21-11)15-4-2-3-8-10(15)6-14-12(8)18/h5,7-8,10,17H,2-4,6H2,1H3,(H,14,18). The van der Waals surface area contributed by atoms with E-state index in [1.165, 1.54) is 17.4 Å². The number of carbonyl (C=O) groups is 1. The van der Waals surface area contributed by atoms with Crippen molar-refractivity contribution in [3.8, 4) is 0 Å². The van der Waals surface area contributed by atoms with E-state index in [4.69, 9.17) is 0 Å². The first-order valence-electron chi connectivity index (χ1n) is 6.99. The molecule has 2 N–H and O–H groups in total. The molecule has 2 aliphatic heterocycles. The number of hydrogen-bond acceptors (Lipinski definition) is 6. The molecule has 3 rings (SSSR count). The molecule has 0 aromatic carbocycles. The van der Waals surface area contributed by atoms with Gasteiger partial charge in [-0.25, -0.2) is 0 Å². The maximum Gasteiger partial charge on any atom is 0.304 e. The largest absolute Gasteiger partial charge is 0.388 e. The molecule has 1 aromatic rings. The van der Waals surface area contributed by atoms with Gasteiger partial charge in [0.25, 0.3) is 0 Å². The minimum absolute atomic E-state index is 0.0227. The van der Waals surface area contributed by atoms with Crippen molar-refractivity contribution in [1.82, 2.24) is 5.32 Å². The molecule has 0 radical (unpaired) electrons. The number of aliphatic hydroxyl groups excluding tert-OH is 1. The zero-order valence-corrected chi connectivity index (χ0v) is 12.4. The van der Waals surface area contributed by atoms with Crippen LogP contribution < -0.4 is 10.2 Å². The highest BCUT2D eigenvalue weighted by Crippen LogP contribution is 2.43. The highest BCUT2D eigenvalue weighted by molar-refractivity contribution is 7.16. The van der Waals surface area contributed by atoms with Gasteiger partial charge in [-0.1, -0.05) is 0 Å². The number of nitrogens with zero attached hydrogens (tertiary/aromatic N) is 2. The van der Waals surface area contributed by atoms with Crippen LogP contribution in [0.5, 0.6) is 0 Å². The third-order valence-electron chi connectivity index (χ3n) is 4.18. The van der Waals surface area contributed by atoms with E-state index in [0.29, 0.717) is 23.0 Å². The van der Waals surface area contributed by atoms with Crippen LogP contribution in [0.25, 0.3) is 0 Å². The molecular formula is C13H17N3O4S. The van der Waals surface area contributed by atoms with E-state index in [0.717, 1.165) is 12.8 Å². The predicted octanol–water partition coefficient (Wildman–Crippen LogP) is 1.42. The number of amides is 1. The molecule has 7 nitrogen and oxygen atoms in total. The number of piperidine rings is 1. The normalized spacial score (nSPS) is 26.4. The molecule has 8 heteroatoms. The Morgan fingerprint density at radius 2 is 2.38 bits per heavy atom. The maximum absolute atomic E-state index is 11.8. The van der Waals surface area contributed by atoms with E-state index >= 15 is 0 Å². The fourth-order valence-electron chi connectivity index (χ4n) is 3.14. The molecule has 0 saturated carbocycles. The lowest BCUT2D eigenvalue weighted by Crippen LogP contribution is -2.45. The predicted molar refractivity (Wildman–Crippen MR) is 78.5 cm³/mol. The van der Waals surface area contributed by atoms with E-state index in [9.17, 15) is 20.0 Å². The number of nitro groups is 1. The fraction of sp³-hybridized carbons (Fsp3) is 0.615. The van der Waals surface area contributed by atoms with Crippen LogP contribution in [0, 0.1) is 16.0 Å². The summed E-state index contributed by atoms with van der Waals surface area (Å²) in [5, 5.41) is 24.4. The van der Waals surface area contributed by atoms with Crippen LogP contribution in [-0.4, -0.2) is 35.1 Å². The maximum atomic E-state index is 11.8. The number of carbonyl (C=O) groups excluding carboxylic acids is 1. The third kappa shape index (κ3) is 2.38. The van der Waals surface area contributed by atoms with Crippen LogP contribution in [0.3, 0.4) is 0 Å². The van der Waals surface area contributed by atoms with Crippen molar-refractivity contribution >= 4 is 27.9 Å². The second kappa shape index (κ2) is 5.27. The summed E-state index contributed by atoms with van der Waals surface area (Å²) in [5.41, 5.74) is 0.0240. The summed E-state index contributed by atoms with van der Waals surface area (Å²) in [6.07, 6.45) is 0.940. The Kier molecular flexibility index (Phi) is 3.58. The van der Waals surface area contributed by atoms with Gasteiger partial charge < -0.3 is 15.3 Å². The molecule has 2 aliphatic rings. The summed E-state index contributed by atoms with van der Waals surface area (Å²) in [6.45, 7) is 2.83. The molecule has 2 saturated heterocycles. The lowest BCUT2D eigenvalue weighted by atomic mass is 9.91. The third-order valence-corrected chi connectivity index (χ3v) is 5.51. The highest BCUT2D eigenvalue weighted by Gasteiger charge is 2.43. The zero-order chi connectivity index (χ0) is 15.1. The van der Waals surface area contributed by atoms with Crippen LogP contribution >= 0.6 is 11.3 Å². The van der Waals surface area contributed by atoms with E-state index in [-0.39, 0.29) is 23.6 Å². The molecule has 3 heterocycles. The average molecular weight is 311 g/mol. The molecule has 0 spiro atoms. The topological polar surface area (TPSA) is 95.7 Å². The monoisotopic (exact) mass is 311 g/mol. The Bertz CT molecular complexity index is 586. The number of aliphatic hydroxyl groups is 1. The van der Waals surface area contributed by atoms with Crippen LogP contribution in [0.2, 0.25) is 0 Å². The molecule has 1 amide bonds. The van der Waals surface area contributed by atoms with Gasteiger partial charge in [0, 0.05) is 24.0 Å². The van der Waals surface area contributed by atoms with Gasteiger partial charge in [0.1, 0.15) is 0 Å². The summed E-state index contributed by atoms with van der Waals surface area (Å²) in [4.78, 5) is 25.2. The zero-order valence-electron chi connectivity index (χ0n) is 11.6. The molecule has 3 unspecified atom stereocenters. The van der Waals surface area contributed by atoms with Gasteiger partial charge in [0.05, 0.1) is 23.0 Å². The van der Waals surface area contributed by atoms with Gasteiger partial charge in [0.2, 0.25) is 5.91 Å². The summed E-state index contributed by atoms with van der Waals surface area (Å²) in [7, 11) is 0. The van der Waals surface area contributed by atoms with E-state index in [1.54, 1.807) is 6.92 Å². The number of anilines is 1. The number of thiophene rings is 1. The first-order chi connectivity index (χ1) is 9.99. The van der Waals surface area contributed by atoms with Crippen molar-refractivity contribution in [3.63, 3.8) is 0 Å². The van der Waals surface area contributed by atoms with Gasteiger partial charge in [-0.05, 0) is 19.8 Å². The van der Waals surface area contributed by atoms with Crippen molar-refractivity contribution in [1.29, 1.82) is 0 Å². The summed E-state index contributed by atoms with van der Waals surface area (Å²) in [6, 6.07) is 1.42. The second-order valence-corrected chi connectivity index (χ2v) is 6.59. The number of rotatable bonds is 3. The minimum Gasteiger partial charge on any atom is -0.388 e. The number of fused-ring (bicyclic) bond motifs is 1. The number of hydrogen-bond donors (Lipinski definition) is 2. The molecule has 0 aliphatic carbocycles. The van der Waals surface area contributed by atoms with Gasteiger partial charge >= 0.3 is 5.69 Å². The summed E-state index contributed by atoms with van der Waals surface area (Å²) < 4.78 is 0. The molecular weight excluding hydrogens is 294 g/mol. The van der Waals surface area contributed by atoms with Crippen molar-refractivity contribution in [2.24, 2.45) is 5.92 Å². The molecule has 0 bridgehead atoms. The van der Waals surface area contributed by atoms with Crippen molar-refractivity contribution in [2.45, 2.75) is 31.9 Å². The van der Waals surface area contributed by atoms with Crippen molar-refractivity contribution in [2.75, 3.05) is 18.0 Å². The van der Waals surface area contributed by atoms with Crippen molar-refractivity contribution in [3.05, 3.63) is 21.1 Å². The number of nitrogens with one attached hydrogen (secondary N) is 1. The van der Waals surface area contributed by atoms with Gasteiger partial charge in [0.15, 0.2) is 5.00 Å². The van der Waals surface area contributed by atoms with Gasteiger partial charge in [-0.15, -0.1) is 11.3 Å². The lowest BCUT2D eigenvalue weighted by molar-refractivity contribution is -0.383. The first-order valence-corrected chi connectivity index (χ1v) is 7.81. The van der Waals surface area contributed by atoms with Gasteiger partial charge in [-0.3, -0.25) is 14.9 Å². The smallest absolute Gasteiger partial charge is 0.304 e. The average Bonchev–Trinajstić information content (AvgIpc) is 3.03.